The molecule has 1 unspecified atom stereocenters. The quantitative estimate of drug-likeness (QED) is 0.826. The lowest BCUT2D eigenvalue weighted by molar-refractivity contribution is -0.0805. The van der Waals surface area contributed by atoms with Crippen LogP contribution in [0.15, 0.2) is 18.2 Å². The van der Waals surface area contributed by atoms with Gasteiger partial charge in [-0.05, 0) is 23.8 Å². The molecule has 1 heterocycles. The Labute approximate surface area is 97.2 Å². The smallest absolute Gasteiger partial charge is 0.152 e. The van der Waals surface area contributed by atoms with Crippen molar-refractivity contribution in [3.8, 4) is 0 Å². The number of nitrogens with zero attached hydrogens (tertiary/aromatic N) is 1. The number of benzene rings is 1. The molecule has 2 rings (SSSR count). The molecule has 0 amide bonds. The van der Waals surface area contributed by atoms with Crippen LogP contribution in [0.4, 0.5) is 4.39 Å². The minimum absolute atomic E-state index is 0.0380. The second kappa shape index (κ2) is 3.91. The molecule has 1 aliphatic rings. The number of halogens is 3. The zero-order chi connectivity index (χ0) is 11.1. The first-order chi connectivity index (χ1) is 6.99. The molecule has 1 atom stereocenters. The summed E-state index contributed by atoms with van der Waals surface area (Å²) < 4.78 is 14.3. The van der Waals surface area contributed by atoms with Crippen LogP contribution in [0.3, 0.4) is 0 Å². The fourth-order valence-electron chi connectivity index (χ4n) is 1.80. The average molecular weight is 250 g/mol. The van der Waals surface area contributed by atoms with Crippen molar-refractivity contribution in [2.24, 2.45) is 0 Å². The Morgan fingerprint density at radius 3 is 2.33 bits per heavy atom. The van der Waals surface area contributed by atoms with Crippen molar-refractivity contribution < 1.29 is 9.60 Å². The summed E-state index contributed by atoms with van der Waals surface area (Å²) in [5.41, 5.74) is -1.12. The van der Waals surface area contributed by atoms with Gasteiger partial charge in [0, 0.05) is 23.0 Å². The first-order valence-corrected chi connectivity index (χ1v) is 5.34. The largest absolute Gasteiger partial charge is 0.314 e. The van der Waals surface area contributed by atoms with E-state index in [-0.39, 0.29) is 13.0 Å². The maximum atomic E-state index is 14.3. The van der Waals surface area contributed by atoms with Crippen molar-refractivity contribution in [1.29, 1.82) is 0 Å². The standard InChI is InChI=1S/C10H10Cl2FNO/c11-8-3-7(4-9(12)5-8)10(13)1-2-14(15)6-10/h3-5,15H,1-2,6H2. The fourth-order valence-corrected chi connectivity index (χ4v) is 2.33. The van der Waals surface area contributed by atoms with Gasteiger partial charge in [-0.1, -0.05) is 23.2 Å². The molecule has 0 radical (unpaired) electrons. The predicted octanol–water partition coefficient (Wildman–Crippen LogP) is 3.25. The molecule has 0 aromatic heterocycles. The van der Waals surface area contributed by atoms with Crippen molar-refractivity contribution in [3.05, 3.63) is 33.8 Å². The van der Waals surface area contributed by atoms with Crippen LogP contribution >= 0.6 is 23.2 Å². The van der Waals surface area contributed by atoms with Crippen LogP contribution in [0.2, 0.25) is 10.0 Å². The molecule has 0 spiro atoms. The van der Waals surface area contributed by atoms with Crippen LogP contribution < -0.4 is 0 Å². The number of alkyl halides is 1. The Bertz CT molecular complexity index is 367. The molecule has 82 valence electrons. The summed E-state index contributed by atoms with van der Waals surface area (Å²) in [6.07, 6.45) is 0.250. The summed E-state index contributed by atoms with van der Waals surface area (Å²) in [5, 5.41) is 11.0. The van der Waals surface area contributed by atoms with E-state index in [0.29, 0.717) is 22.2 Å². The molecule has 1 aromatic carbocycles. The maximum Gasteiger partial charge on any atom is 0.152 e. The van der Waals surface area contributed by atoms with Gasteiger partial charge in [-0.25, -0.2) is 4.39 Å². The minimum Gasteiger partial charge on any atom is -0.314 e. The van der Waals surface area contributed by atoms with Gasteiger partial charge in [-0.15, -0.1) is 0 Å². The first-order valence-electron chi connectivity index (χ1n) is 4.59. The lowest BCUT2D eigenvalue weighted by Gasteiger charge is -2.19. The van der Waals surface area contributed by atoms with Crippen molar-refractivity contribution in [2.75, 3.05) is 13.1 Å². The predicted molar refractivity (Wildman–Crippen MR) is 57.2 cm³/mol. The first kappa shape index (κ1) is 11.1. The van der Waals surface area contributed by atoms with Crippen LogP contribution in [0.25, 0.3) is 0 Å². The average Bonchev–Trinajstić information content (AvgIpc) is 2.46. The molecular weight excluding hydrogens is 240 g/mol. The highest BCUT2D eigenvalue weighted by Crippen LogP contribution is 2.37. The summed E-state index contributed by atoms with van der Waals surface area (Å²) >= 11 is 11.6. The lowest BCUT2D eigenvalue weighted by Crippen LogP contribution is -2.24. The van der Waals surface area contributed by atoms with Crippen LogP contribution in [0.1, 0.15) is 12.0 Å². The van der Waals surface area contributed by atoms with Crippen molar-refractivity contribution in [3.63, 3.8) is 0 Å². The molecule has 1 aliphatic heterocycles. The highest BCUT2D eigenvalue weighted by molar-refractivity contribution is 6.34. The van der Waals surface area contributed by atoms with Crippen molar-refractivity contribution in [2.45, 2.75) is 12.1 Å². The second-order valence-corrected chi connectivity index (χ2v) is 4.63. The number of hydroxylamine groups is 2. The van der Waals surface area contributed by atoms with Crippen LogP contribution in [0, 0.1) is 0 Å². The van der Waals surface area contributed by atoms with E-state index in [4.69, 9.17) is 23.2 Å². The van der Waals surface area contributed by atoms with E-state index in [0.717, 1.165) is 5.06 Å². The molecule has 15 heavy (non-hydrogen) atoms. The van der Waals surface area contributed by atoms with Crippen molar-refractivity contribution in [1.82, 2.24) is 5.06 Å². The van der Waals surface area contributed by atoms with E-state index in [1.54, 1.807) is 18.2 Å². The molecule has 1 fully saturated rings. The van der Waals surface area contributed by atoms with Gasteiger partial charge < -0.3 is 5.21 Å². The molecule has 0 aliphatic carbocycles. The SMILES string of the molecule is ON1CCC(F)(c2cc(Cl)cc(Cl)c2)C1. The zero-order valence-electron chi connectivity index (χ0n) is 7.88. The molecule has 0 saturated carbocycles. The Hall–Kier alpha value is -0.350. The highest BCUT2D eigenvalue weighted by Gasteiger charge is 2.39. The molecule has 2 nitrogen and oxygen atoms in total. The Balaban J connectivity index is 2.36. The molecule has 1 N–H and O–H groups in total. The highest BCUT2D eigenvalue weighted by atomic mass is 35.5. The van der Waals surface area contributed by atoms with Crippen LogP contribution in [-0.4, -0.2) is 23.4 Å². The summed E-state index contributed by atoms with van der Waals surface area (Å²) in [7, 11) is 0. The van der Waals surface area contributed by atoms with Gasteiger partial charge in [0.2, 0.25) is 0 Å². The van der Waals surface area contributed by atoms with Gasteiger partial charge >= 0.3 is 0 Å². The number of rotatable bonds is 1. The summed E-state index contributed by atoms with van der Waals surface area (Å²) in [6, 6.07) is 4.65. The second-order valence-electron chi connectivity index (χ2n) is 3.76. The lowest BCUT2D eigenvalue weighted by atomic mass is 9.95. The minimum atomic E-state index is -1.55. The molecule has 5 heteroatoms. The third-order valence-corrected chi connectivity index (χ3v) is 3.02. The summed E-state index contributed by atoms with van der Waals surface area (Å²) in [6.45, 7) is 0.282. The number of hydrogen-bond donors (Lipinski definition) is 1. The van der Waals surface area contributed by atoms with Gasteiger partial charge in [0.1, 0.15) is 0 Å². The third-order valence-electron chi connectivity index (χ3n) is 2.58. The Morgan fingerprint density at radius 1 is 1.27 bits per heavy atom. The van der Waals surface area contributed by atoms with E-state index >= 15 is 0 Å². The molecule has 0 bridgehead atoms. The monoisotopic (exact) mass is 249 g/mol. The van der Waals surface area contributed by atoms with Gasteiger partial charge in [-0.3, -0.25) is 0 Å². The summed E-state index contributed by atoms with van der Waals surface area (Å²) in [5.74, 6) is 0. The van der Waals surface area contributed by atoms with Crippen LogP contribution in [-0.2, 0) is 5.67 Å². The van der Waals surface area contributed by atoms with Gasteiger partial charge in [-0.2, -0.15) is 5.06 Å². The zero-order valence-corrected chi connectivity index (χ0v) is 9.39. The van der Waals surface area contributed by atoms with E-state index < -0.39 is 5.67 Å². The molecule has 1 aromatic rings. The normalized spacial score (nSPS) is 27.2. The van der Waals surface area contributed by atoms with Gasteiger partial charge in [0.15, 0.2) is 5.67 Å². The van der Waals surface area contributed by atoms with Gasteiger partial charge in [0.05, 0.1) is 6.54 Å². The fraction of sp³-hybridized carbons (Fsp3) is 0.400. The molecule has 1 saturated heterocycles. The van der Waals surface area contributed by atoms with E-state index in [2.05, 4.69) is 0 Å². The number of hydrogen-bond acceptors (Lipinski definition) is 2. The Morgan fingerprint density at radius 2 is 1.87 bits per heavy atom. The maximum absolute atomic E-state index is 14.3. The topological polar surface area (TPSA) is 23.5 Å². The third kappa shape index (κ3) is 2.26. The van der Waals surface area contributed by atoms with Crippen molar-refractivity contribution >= 4 is 23.2 Å². The molecular formula is C10H10Cl2FNO. The van der Waals surface area contributed by atoms with E-state index in [9.17, 15) is 9.60 Å². The van der Waals surface area contributed by atoms with Gasteiger partial charge in [0.25, 0.3) is 0 Å². The van der Waals surface area contributed by atoms with Crippen LogP contribution in [0.5, 0.6) is 0 Å². The summed E-state index contributed by atoms with van der Waals surface area (Å²) in [4.78, 5) is 0. The van der Waals surface area contributed by atoms with E-state index in [1.165, 1.54) is 0 Å². The Kier molecular flexibility index (Phi) is 2.90. The van der Waals surface area contributed by atoms with E-state index in [1.807, 2.05) is 0 Å².